The van der Waals surface area contributed by atoms with Gasteiger partial charge in [0.25, 0.3) is 0 Å². The Morgan fingerprint density at radius 2 is 1.27 bits per heavy atom. The molecule has 214 valence electrons. The fourth-order valence-corrected chi connectivity index (χ4v) is 4.56. The molecule has 8 heteroatoms. The van der Waals surface area contributed by atoms with Crippen LogP contribution in [0.3, 0.4) is 0 Å². The summed E-state index contributed by atoms with van der Waals surface area (Å²) in [4.78, 5) is 12.2. The summed E-state index contributed by atoms with van der Waals surface area (Å²) in [5, 5.41) is 10.2. The molecular weight excluding hydrogens is 512 g/mol. The van der Waals surface area contributed by atoms with E-state index in [0.717, 1.165) is 11.1 Å². The number of hydrogen-bond donors (Lipinski definition) is 1. The summed E-state index contributed by atoms with van der Waals surface area (Å²) in [6, 6.07) is 28.6. The zero-order valence-corrected chi connectivity index (χ0v) is 22.8. The van der Waals surface area contributed by atoms with E-state index in [1.165, 1.54) is 7.11 Å². The van der Waals surface area contributed by atoms with Gasteiger partial charge in [-0.3, -0.25) is 0 Å². The van der Waals surface area contributed by atoms with Gasteiger partial charge < -0.3 is 33.5 Å². The highest BCUT2D eigenvalue weighted by molar-refractivity contribution is 5.89. The maximum atomic E-state index is 12.2. The molecule has 40 heavy (non-hydrogen) atoms. The van der Waals surface area contributed by atoms with Gasteiger partial charge in [-0.2, -0.15) is 0 Å². The van der Waals surface area contributed by atoms with Gasteiger partial charge in [0.05, 0.1) is 32.0 Å². The zero-order chi connectivity index (χ0) is 28.0. The first-order chi connectivity index (χ1) is 19.7. The van der Waals surface area contributed by atoms with Crippen molar-refractivity contribution in [1.29, 1.82) is 0 Å². The molecule has 3 aromatic rings. The fourth-order valence-electron chi connectivity index (χ4n) is 4.56. The number of carbonyl (C=O) groups excluding carboxylic acids is 1. The predicted octanol–water partition coefficient (Wildman–Crippen LogP) is 4.54. The smallest absolute Gasteiger partial charge is 0.338 e. The Hall–Kier alpha value is -3.11. The number of carbonyl (C=O) groups is 1. The number of unbranched alkanes of at least 4 members (excludes halogenated alkanes) is 1. The second-order valence-electron chi connectivity index (χ2n) is 9.53. The number of methoxy groups -OCH3 is 1. The highest BCUT2D eigenvalue weighted by Crippen LogP contribution is 2.30. The summed E-state index contributed by atoms with van der Waals surface area (Å²) in [6.07, 6.45) is -1.92. The first-order valence-electron chi connectivity index (χ1n) is 13.6. The molecule has 8 nitrogen and oxygen atoms in total. The summed E-state index contributed by atoms with van der Waals surface area (Å²) in [6.45, 7) is 1.06. The SMILES string of the molecule is CO[C@H]1O[C@H](CO)[C@@H](OCc2ccccc2)[C@H](OCc2ccccc2)[C@H]1OCCCCOC(=O)c1ccccc1. The molecule has 1 aliphatic rings. The van der Waals surface area contributed by atoms with E-state index < -0.39 is 30.7 Å². The van der Waals surface area contributed by atoms with Crippen LogP contribution in [0.15, 0.2) is 91.0 Å². The highest BCUT2D eigenvalue weighted by Gasteiger charge is 2.48. The topological polar surface area (TPSA) is 92.7 Å². The quantitative estimate of drug-likeness (QED) is 0.218. The average molecular weight is 551 g/mol. The molecule has 1 aliphatic heterocycles. The van der Waals surface area contributed by atoms with Crippen LogP contribution in [0.2, 0.25) is 0 Å². The first kappa shape index (κ1) is 29.9. The molecule has 5 atom stereocenters. The minimum atomic E-state index is -0.759. The van der Waals surface area contributed by atoms with Crippen molar-refractivity contribution in [1.82, 2.24) is 0 Å². The van der Waals surface area contributed by atoms with Gasteiger partial charge in [-0.15, -0.1) is 0 Å². The molecule has 1 N–H and O–H groups in total. The van der Waals surface area contributed by atoms with E-state index in [1.54, 1.807) is 24.3 Å². The van der Waals surface area contributed by atoms with Gasteiger partial charge in [-0.25, -0.2) is 4.79 Å². The van der Waals surface area contributed by atoms with Crippen molar-refractivity contribution in [2.45, 2.75) is 56.8 Å². The third-order valence-corrected chi connectivity index (χ3v) is 6.67. The Bertz CT molecular complexity index is 1110. The van der Waals surface area contributed by atoms with Crippen molar-refractivity contribution in [3.05, 3.63) is 108 Å². The molecule has 1 heterocycles. The van der Waals surface area contributed by atoms with Crippen LogP contribution in [-0.4, -0.2) is 68.7 Å². The standard InChI is InChI=1S/C32H38O8/c1-35-32-30(36-19-11-12-20-37-31(34)26-17-9-4-10-18-26)29(39-23-25-15-7-3-8-16-25)28(27(21-33)40-32)38-22-24-13-5-2-6-14-24/h2-10,13-18,27-30,32-33H,11-12,19-23H2,1H3/t27-,28-,29+,30-,32+/m1/s1. The minimum Gasteiger partial charge on any atom is -0.462 e. The van der Waals surface area contributed by atoms with E-state index >= 15 is 0 Å². The highest BCUT2D eigenvalue weighted by atomic mass is 16.7. The Balaban J connectivity index is 1.38. The van der Waals surface area contributed by atoms with Gasteiger partial charge >= 0.3 is 5.97 Å². The third-order valence-electron chi connectivity index (χ3n) is 6.67. The molecule has 0 unspecified atom stereocenters. The molecule has 0 radical (unpaired) electrons. The maximum absolute atomic E-state index is 12.2. The summed E-state index contributed by atoms with van der Waals surface area (Å²) in [7, 11) is 1.54. The van der Waals surface area contributed by atoms with Crippen molar-refractivity contribution in [3.63, 3.8) is 0 Å². The van der Waals surface area contributed by atoms with Crippen molar-refractivity contribution < 1.29 is 38.3 Å². The molecule has 4 rings (SSSR count). The predicted molar refractivity (Wildman–Crippen MR) is 148 cm³/mol. The Kier molecular flexibility index (Phi) is 12.1. The van der Waals surface area contributed by atoms with Crippen LogP contribution in [0.5, 0.6) is 0 Å². The Labute approximate surface area is 235 Å². The second kappa shape index (κ2) is 16.2. The van der Waals surface area contributed by atoms with Crippen LogP contribution in [0, 0.1) is 0 Å². The molecule has 0 aromatic heterocycles. The lowest BCUT2D eigenvalue weighted by Gasteiger charge is -2.45. The van der Waals surface area contributed by atoms with E-state index in [9.17, 15) is 9.90 Å². The van der Waals surface area contributed by atoms with Crippen LogP contribution in [0.4, 0.5) is 0 Å². The maximum Gasteiger partial charge on any atom is 0.338 e. The lowest BCUT2D eigenvalue weighted by Crippen LogP contribution is -2.61. The Morgan fingerprint density at radius 3 is 1.85 bits per heavy atom. The molecular formula is C32H38O8. The Morgan fingerprint density at radius 1 is 0.725 bits per heavy atom. The average Bonchev–Trinajstić information content (AvgIpc) is 3.02. The number of aliphatic hydroxyl groups is 1. The molecule has 0 aliphatic carbocycles. The first-order valence-corrected chi connectivity index (χ1v) is 13.6. The molecule has 0 saturated carbocycles. The summed E-state index contributed by atoms with van der Waals surface area (Å²) >= 11 is 0. The number of hydrogen-bond acceptors (Lipinski definition) is 8. The van der Waals surface area contributed by atoms with Gasteiger partial charge in [0.15, 0.2) is 6.29 Å². The third kappa shape index (κ3) is 8.69. The molecule has 0 bridgehead atoms. The number of aliphatic hydroxyl groups excluding tert-OH is 1. The van der Waals surface area contributed by atoms with Gasteiger partial charge in [0.2, 0.25) is 0 Å². The molecule has 3 aromatic carbocycles. The number of ether oxygens (including phenoxy) is 6. The largest absolute Gasteiger partial charge is 0.462 e. The van der Waals surface area contributed by atoms with Crippen molar-refractivity contribution in [3.8, 4) is 0 Å². The minimum absolute atomic E-state index is 0.260. The monoisotopic (exact) mass is 550 g/mol. The van der Waals surface area contributed by atoms with E-state index in [0.29, 0.717) is 38.2 Å². The van der Waals surface area contributed by atoms with Crippen molar-refractivity contribution >= 4 is 5.97 Å². The lowest BCUT2D eigenvalue weighted by atomic mass is 9.98. The van der Waals surface area contributed by atoms with E-state index in [1.807, 2.05) is 66.7 Å². The number of benzene rings is 3. The van der Waals surface area contributed by atoms with Gasteiger partial charge in [0.1, 0.15) is 24.4 Å². The van der Waals surface area contributed by atoms with Gasteiger partial charge in [-0.05, 0) is 36.1 Å². The molecule has 0 amide bonds. The zero-order valence-electron chi connectivity index (χ0n) is 22.8. The molecule has 1 fully saturated rings. The van der Waals surface area contributed by atoms with E-state index in [4.69, 9.17) is 28.4 Å². The van der Waals surface area contributed by atoms with Crippen LogP contribution in [0.1, 0.15) is 34.3 Å². The lowest BCUT2D eigenvalue weighted by molar-refractivity contribution is -0.319. The molecule has 1 saturated heterocycles. The summed E-state index contributed by atoms with van der Waals surface area (Å²) in [5.74, 6) is -0.343. The van der Waals surface area contributed by atoms with E-state index in [2.05, 4.69) is 0 Å². The number of rotatable bonds is 15. The van der Waals surface area contributed by atoms with E-state index in [-0.39, 0.29) is 19.2 Å². The van der Waals surface area contributed by atoms with Crippen molar-refractivity contribution in [2.75, 3.05) is 26.9 Å². The van der Waals surface area contributed by atoms with Crippen LogP contribution < -0.4 is 0 Å². The summed E-state index contributed by atoms with van der Waals surface area (Å²) in [5.41, 5.74) is 2.53. The summed E-state index contributed by atoms with van der Waals surface area (Å²) < 4.78 is 36.1. The molecule has 0 spiro atoms. The van der Waals surface area contributed by atoms with Crippen LogP contribution in [0.25, 0.3) is 0 Å². The normalized spacial score (nSPS) is 22.6. The van der Waals surface area contributed by atoms with Crippen LogP contribution >= 0.6 is 0 Å². The second-order valence-corrected chi connectivity index (χ2v) is 9.53. The number of esters is 1. The fraction of sp³-hybridized carbons (Fsp3) is 0.406. The van der Waals surface area contributed by atoms with Crippen molar-refractivity contribution in [2.24, 2.45) is 0 Å². The van der Waals surface area contributed by atoms with Crippen LogP contribution in [-0.2, 0) is 41.6 Å². The van der Waals surface area contributed by atoms with Gasteiger partial charge in [-0.1, -0.05) is 78.9 Å². The van der Waals surface area contributed by atoms with Gasteiger partial charge in [0, 0.05) is 13.7 Å².